The Morgan fingerprint density at radius 3 is 1.33 bits per heavy atom. The number of aryl methyl sites for hydroxylation is 2. The van der Waals surface area contributed by atoms with Crippen molar-refractivity contribution in [3.05, 3.63) is 194 Å². The molecule has 246 valence electrons. The fourth-order valence-electron chi connectivity index (χ4n) is 7.82. The number of hydrogen-bond donors (Lipinski definition) is 0. The molecule has 9 aromatic rings. The van der Waals surface area contributed by atoms with Crippen LogP contribution in [0.2, 0.25) is 0 Å². The molecule has 0 bridgehead atoms. The monoisotopic (exact) mass is 664 g/mol. The van der Waals surface area contributed by atoms with E-state index in [9.17, 15) is 0 Å². The fourth-order valence-corrected chi connectivity index (χ4v) is 7.82. The number of aromatic nitrogens is 2. The average molecular weight is 665 g/mol. The molecule has 0 aliphatic carbocycles. The van der Waals surface area contributed by atoms with E-state index in [-0.39, 0.29) is 0 Å². The summed E-state index contributed by atoms with van der Waals surface area (Å²) in [5, 5.41) is 4.95. The molecule has 0 saturated carbocycles. The van der Waals surface area contributed by atoms with Crippen molar-refractivity contribution in [1.29, 1.82) is 0 Å². The Balaban J connectivity index is 1.30. The van der Waals surface area contributed by atoms with E-state index < -0.39 is 0 Å². The Bertz CT molecular complexity index is 2730. The van der Waals surface area contributed by atoms with Gasteiger partial charge in [-0.15, -0.1) is 0 Å². The van der Waals surface area contributed by atoms with Gasteiger partial charge in [0.05, 0.1) is 0 Å². The Labute approximate surface area is 304 Å². The van der Waals surface area contributed by atoms with Crippen LogP contribution in [0.15, 0.2) is 183 Å². The maximum Gasteiger partial charge on any atom is 0.0346 e. The van der Waals surface area contributed by atoms with Gasteiger partial charge in [-0.3, -0.25) is 9.97 Å². The highest BCUT2D eigenvalue weighted by atomic mass is 14.6. The number of pyridine rings is 2. The third-order valence-corrected chi connectivity index (χ3v) is 10.3. The zero-order valence-corrected chi connectivity index (χ0v) is 29.2. The van der Waals surface area contributed by atoms with E-state index in [1.54, 1.807) is 0 Å². The van der Waals surface area contributed by atoms with Gasteiger partial charge in [0.25, 0.3) is 0 Å². The van der Waals surface area contributed by atoms with Gasteiger partial charge >= 0.3 is 0 Å². The van der Waals surface area contributed by atoms with Crippen molar-refractivity contribution in [3.63, 3.8) is 0 Å². The predicted octanol–water partition coefficient (Wildman–Crippen LogP) is 13.4. The second-order valence-electron chi connectivity index (χ2n) is 13.5. The fraction of sp³-hybridized carbons (Fsp3) is 0.0400. The van der Waals surface area contributed by atoms with Gasteiger partial charge in [-0.1, -0.05) is 133 Å². The van der Waals surface area contributed by atoms with E-state index in [0.29, 0.717) is 0 Å². The normalized spacial score (nSPS) is 11.3. The SMILES string of the molecule is Cc1cc(-c2c3ccccc3c(-c3ccc(-c4cccnc4)c(C)c3)c3cc(-c4cccc(-c5ccccc5)c4)ccc23)ccc1-c1cccnc1. The molecule has 0 N–H and O–H groups in total. The third-order valence-electron chi connectivity index (χ3n) is 10.3. The number of benzene rings is 7. The maximum atomic E-state index is 4.39. The van der Waals surface area contributed by atoms with Crippen molar-refractivity contribution in [3.8, 4) is 66.8 Å². The van der Waals surface area contributed by atoms with Crippen LogP contribution in [0.1, 0.15) is 11.1 Å². The van der Waals surface area contributed by atoms with Gasteiger partial charge in [0, 0.05) is 35.9 Å². The molecule has 0 atom stereocenters. The molecule has 0 fully saturated rings. The highest BCUT2D eigenvalue weighted by molar-refractivity contribution is 6.22. The summed E-state index contributed by atoms with van der Waals surface area (Å²) < 4.78 is 0. The molecule has 0 radical (unpaired) electrons. The molecule has 0 aliphatic rings. The molecule has 7 aromatic carbocycles. The predicted molar refractivity (Wildman–Crippen MR) is 219 cm³/mol. The second-order valence-corrected chi connectivity index (χ2v) is 13.5. The van der Waals surface area contributed by atoms with Crippen LogP contribution in [-0.2, 0) is 0 Å². The van der Waals surface area contributed by atoms with Gasteiger partial charge in [-0.2, -0.15) is 0 Å². The van der Waals surface area contributed by atoms with Crippen LogP contribution in [0.25, 0.3) is 88.3 Å². The molecular weight excluding hydrogens is 629 g/mol. The van der Waals surface area contributed by atoms with Gasteiger partial charge in [0.15, 0.2) is 0 Å². The number of hydrogen-bond acceptors (Lipinski definition) is 2. The molecule has 2 heteroatoms. The Hall–Kier alpha value is -6.64. The van der Waals surface area contributed by atoms with Crippen LogP contribution in [0.5, 0.6) is 0 Å². The Kier molecular flexibility index (Phi) is 7.98. The quantitative estimate of drug-likeness (QED) is 0.165. The molecule has 0 spiro atoms. The van der Waals surface area contributed by atoms with Gasteiger partial charge in [-0.25, -0.2) is 0 Å². The first-order valence-electron chi connectivity index (χ1n) is 17.8. The molecule has 2 aromatic heterocycles. The summed E-state index contributed by atoms with van der Waals surface area (Å²) in [5.41, 5.74) is 16.8. The Morgan fingerprint density at radius 2 is 0.769 bits per heavy atom. The first-order valence-corrected chi connectivity index (χ1v) is 17.8. The first-order chi connectivity index (χ1) is 25.6. The van der Waals surface area contributed by atoms with Crippen molar-refractivity contribution in [2.24, 2.45) is 0 Å². The van der Waals surface area contributed by atoms with E-state index in [0.717, 1.165) is 11.1 Å². The van der Waals surface area contributed by atoms with Gasteiger partial charge in [0.2, 0.25) is 0 Å². The van der Waals surface area contributed by atoms with Gasteiger partial charge in [-0.05, 0) is 126 Å². The topological polar surface area (TPSA) is 25.8 Å². The number of rotatable bonds is 6. The largest absolute Gasteiger partial charge is 0.264 e. The lowest BCUT2D eigenvalue weighted by molar-refractivity contribution is 1.32. The van der Waals surface area contributed by atoms with Gasteiger partial charge < -0.3 is 0 Å². The van der Waals surface area contributed by atoms with Crippen LogP contribution in [-0.4, -0.2) is 9.97 Å². The summed E-state index contributed by atoms with van der Waals surface area (Å²) in [5.74, 6) is 0. The molecule has 0 unspecified atom stereocenters. The summed E-state index contributed by atoms with van der Waals surface area (Å²) in [4.78, 5) is 8.78. The molecule has 52 heavy (non-hydrogen) atoms. The van der Waals surface area contributed by atoms with Crippen LogP contribution < -0.4 is 0 Å². The lowest BCUT2D eigenvalue weighted by atomic mass is 9.83. The summed E-state index contributed by atoms with van der Waals surface area (Å²) in [6.07, 6.45) is 7.54. The first kappa shape index (κ1) is 31.3. The summed E-state index contributed by atoms with van der Waals surface area (Å²) in [6, 6.07) is 57.5. The summed E-state index contributed by atoms with van der Waals surface area (Å²) in [6.45, 7) is 4.41. The molecule has 0 saturated heterocycles. The van der Waals surface area contributed by atoms with Crippen molar-refractivity contribution in [2.75, 3.05) is 0 Å². The van der Waals surface area contributed by atoms with Crippen LogP contribution >= 0.6 is 0 Å². The smallest absolute Gasteiger partial charge is 0.0346 e. The molecule has 2 nitrogen and oxygen atoms in total. The zero-order chi connectivity index (χ0) is 35.0. The van der Waals surface area contributed by atoms with E-state index in [1.165, 1.54) is 88.3 Å². The number of fused-ring (bicyclic) bond motifs is 2. The number of nitrogens with zero attached hydrogens (tertiary/aromatic N) is 2. The van der Waals surface area contributed by atoms with E-state index >= 15 is 0 Å². The van der Waals surface area contributed by atoms with Crippen LogP contribution in [0.4, 0.5) is 0 Å². The second kappa shape index (κ2) is 13.2. The summed E-state index contributed by atoms with van der Waals surface area (Å²) >= 11 is 0. The minimum atomic E-state index is 1.13. The van der Waals surface area contributed by atoms with Crippen molar-refractivity contribution in [2.45, 2.75) is 13.8 Å². The molecular formula is C50H36N2. The molecule has 2 heterocycles. The maximum absolute atomic E-state index is 4.39. The standard InChI is InChI=1S/C50H36N2/c1-33-27-39(20-22-43(33)41-15-9-25-51-31-41)49-45-17-6-7-18-46(45)50(40-21-23-44(34(2)28-40)42-16-10-26-52-32-42)48-30-38(19-24-47(48)49)37-14-8-13-36(29-37)35-11-4-3-5-12-35/h3-32H,1-2H3. The van der Waals surface area contributed by atoms with Crippen molar-refractivity contribution >= 4 is 21.5 Å². The van der Waals surface area contributed by atoms with Crippen molar-refractivity contribution < 1.29 is 0 Å². The lowest BCUT2D eigenvalue weighted by Gasteiger charge is -2.20. The van der Waals surface area contributed by atoms with Crippen LogP contribution in [0, 0.1) is 13.8 Å². The van der Waals surface area contributed by atoms with Gasteiger partial charge in [0.1, 0.15) is 0 Å². The van der Waals surface area contributed by atoms with E-state index in [4.69, 9.17) is 0 Å². The highest BCUT2D eigenvalue weighted by Gasteiger charge is 2.19. The third kappa shape index (κ3) is 5.65. The lowest BCUT2D eigenvalue weighted by Crippen LogP contribution is -1.94. The van der Waals surface area contributed by atoms with Crippen molar-refractivity contribution in [1.82, 2.24) is 9.97 Å². The van der Waals surface area contributed by atoms with E-state index in [1.807, 2.05) is 36.9 Å². The minimum Gasteiger partial charge on any atom is -0.264 e. The highest BCUT2D eigenvalue weighted by Crippen LogP contribution is 2.46. The molecule has 9 rings (SSSR count). The average Bonchev–Trinajstić information content (AvgIpc) is 3.20. The van der Waals surface area contributed by atoms with Crippen LogP contribution in [0.3, 0.4) is 0 Å². The molecule has 0 amide bonds. The Morgan fingerprint density at radius 1 is 0.308 bits per heavy atom. The van der Waals surface area contributed by atoms with E-state index in [2.05, 4.69) is 169 Å². The molecule has 0 aliphatic heterocycles. The summed E-state index contributed by atoms with van der Waals surface area (Å²) in [7, 11) is 0. The zero-order valence-electron chi connectivity index (χ0n) is 29.2. The minimum absolute atomic E-state index is 1.13.